The molecule has 5 rings (SSSR count). The van der Waals surface area contributed by atoms with Crippen LogP contribution in [0.15, 0.2) is 65.2 Å². The number of nitrogens with one attached hydrogen (secondary N) is 2. The third kappa shape index (κ3) is 11.6. The first kappa shape index (κ1) is 40.4. The quantitative estimate of drug-likeness (QED) is 0.253. The van der Waals surface area contributed by atoms with Crippen LogP contribution in [-0.4, -0.2) is 108 Å². The summed E-state index contributed by atoms with van der Waals surface area (Å²) in [6, 6.07) is -0.936. The summed E-state index contributed by atoms with van der Waals surface area (Å²) in [5, 5.41) is 24.2. The summed E-state index contributed by atoms with van der Waals surface area (Å²) in [6.45, 7) is 6.29. The van der Waals surface area contributed by atoms with Crippen molar-refractivity contribution >= 4 is 29.5 Å². The largest absolute Gasteiger partial charge is 0.460 e. The van der Waals surface area contributed by atoms with Gasteiger partial charge in [-0.15, -0.1) is 5.10 Å². The van der Waals surface area contributed by atoms with E-state index in [0.29, 0.717) is 29.8 Å². The Morgan fingerprint density at radius 2 is 1.98 bits per heavy atom. The van der Waals surface area contributed by atoms with E-state index < -0.39 is 48.1 Å². The highest BCUT2D eigenvalue weighted by atomic mass is 19.1. The van der Waals surface area contributed by atoms with E-state index in [-0.39, 0.29) is 74.7 Å². The van der Waals surface area contributed by atoms with Crippen LogP contribution in [0.4, 0.5) is 10.2 Å². The number of aliphatic hydroxyl groups is 1. The van der Waals surface area contributed by atoms with E-state index >= 15 is 0 Å². The third-order valence-corrected chi connectivity index (χ3v) is 9.04. The fraction of sp³-hybridized carbons (Fsp3) is 0.486. The van der Waals surface area contributed by atoms with Gasteiger partial charge in [0.05, 0.1) is 37.7 Å². The molecule has 17 nitrogen and oxygen atoms in total. The van der Waals surface area contributed by atoms with Crippen LogP contribution in [0.5, 0.6) is 0 Å². The molecule has 18 heteroatoms. The minimum atomic E-state index is -1.51. The van der Waals surface area contributed by atoms with E-state index in [9.17, 15) is 28.7 Å². The number of carbonyl (C=O) groups excluding carboxylic acids is 4. The van der Waals surface area contributed by atoms with Gasteiger partial charge in [0, 0.05) is 38.4 Å². The van der Waals surface area contributed by atoms with Gasteiger partial charge in [-0.25, -0.2) is 19.2 Å². The fourth-order valence-corrected chi connectivity index (χ4v) is 6.39. The number of alkyl halides is 1. The number of halogens is 1. The number of anilines is 1. The maximum Gasteiger partial charge on any atom is 0.329 e. The van der Waals surface area contributed by atoms with Crippen molar-refractivity contribution in [1.29, 1.82) is 0 Å². The number of hydrogen-bond donors (Lipinski definition) is 4. The zero-order chi connectivity index (χ0) is 39.5. The predicted octanol–water partition coefficient (Wildman–Crippen LogP) is 2.12. The molecular weight excluding hydrogens is 715 g/mol. The van der Waals surface area contributed by atoms with Gasteiger partial charge < -0.3 is 35.5 Å². The average Bonchev–Trinajstić information content (AvgIpc) is 3.92. The van der Waals surface area contributed by atoms with Gasteiger partial charge in [-0.05, 0) is 31.8 Å². The summed E-state index contributed by atoms with van der Waals surface area (Å²) in [5.74, 6) is -2.83. The number of nitrogens with zero attached hydrogens (tertiary/aromatic N) is 7. The van der Waals surface area contributed by atoms with E-state index in [1.54, 1.807) is 31.3 Å². The van der Waals surface area contributed by atoms with Crippen molar-refractivity contribution in [3.63, 3.8) is 0 Å². The van der Waals surface area contributed by atoms with E-state index in [2.05, 4.69) is 35.9 Å². The molecule has 55 heavy (non-hydrogen) atoms. The monoisotopic (exact) mass is 762 g/mol. The summed E-state index contributed by atoms with van der Waals surface area (Å²) in [4.78, 5) is 67.2. The molecule has 0 unspecified atom stereocenters. The second kappa shape index (κ2) is 19.0. The van der Waals surface area contributed by atoms with E-state index in [1.165, 1.54) is 34.1 Å². The number of carbonyl (C=O) groups is 4. The van der Waals surface area contributed by atoms with Crippen LogP contribution < -0.4 is 16.4 Å². The molecule has 0 saturated carbocycles. The molecule has 1 fully saturated rings. The molecular formula is C37H47FN10O7. The van der Waals surface area contributed by atoms with Crippen molar-refractivity contribution in [3.8, 4) is 11.4 Å². The number of nitrogen functional groups attached to an aromatic ring is 1. The van der Waals surface area contributed by atoms with Crippen LogP contribution in [0.1, 0.15) is 62.8 Å². The highest BCUT2D eigenvalue weighted by Gasteiger charge is 2.39. The average molecular weight is 763 g/mol. The number of aromatic nitrogens is 6. The molecule has 0 aliphatic carbocycles. The number of cyclic esters (lactones) is 1. The van der Waals surface area contributed by atoms with Gasteiger partial charge in [0.1, 0.15) is 41.8 Å². The molecule has 294 valence electrons. The summed E-state index contributed by atoms with van der Waals surface area (Å²) < 4.78 is 27.9. The molecule has 0 spiro atoms. The predicted molar refractivity (Wildman–Crippen MR) is 196 cm³/mol. The molecule has 3 aromatic heterocycles. The van der Waals surface area contributed by atoms with Crippen molar-refractivity contribution < 1.29 is 37.8 Å². The Labute approximate surface area is 317 Å². The Morgan fingerprint density at radius 3 is 2.76 bits per heavy atom. The van der Waals surface area contributed by atoms with Crippen LogP contribution in [0, 0.1) is 11.8 Å². The molecule has 0 radical (unpaired) electrons. The van der Waals surface area contributed by atoms with Crippen LogP contribution >= 0.6 is 0 Å². The summed E-state index contributed by atoms with van der Waals surface area (Å²) in [7, 11) is 0. The Morgan fingerprint density at radius 1 is 1.16 bits per heavy atom. The lowest BCUT2D eigenvalue weighted by Crippen LogP contribution is -2.44. The van der Waals surface area contributed by atoms with Gasteiger partial charge in [0.25, 0.3) is 5.91 Å². The Bertz CT molecular complexity index is 1910. The highest BCUT2D eigenvalue weighted by molar-refractivity contribution is 5.95. The number of esters is 1. The topological polar surface area (TPSA) is 234 Å². The molecule has 1 saturated heterocycles. The van der Waals surface area contributed by atoms with Crippen LogP contribution in [0.2, 0.25) is 0 Å². The summed E-state index contributed by atoms with van der Waals surface area (Å²) >= 11 is 0. The van der Waals surface area contributed by atoms with E-state index in [1.807, 2.05) is 13.8 Å². The molecule has 5 atom stereocenters. The van der Waals surface area contributed by atoms with Crippen LogP contribution in [0.25, 0.3) is 11.4 Å². The molecule has 2 aliphatic rings. The number of oxazole rings is 1. The standard InChI is InChI=1S/C37H47FN10O7/c1-22(2)35-24(15-33(51)42-11-13-47-20-28(45-46-47)27-18-40-19-31(39)43-27)8-9-32(50)41-10-4-6-23(3)14-26(49)16-25(38)17-34-44-29(21-54-34)36(52)48-12-5-7-30(48)37(53)55-35/h4,6,8-9,14,18-22,24-26,30,35,49H,5,7,10-13,15-17H2,1-3H3,(H2,39,43)(H,41,50)(H,42,51)/b6-4?,9-8+,23-14?/t24-,25+,26+,30+,35+/m0/s1. The van der Waals surface area contributed by atoms with Crippen molar-refractivity contribution in [3.05, 3.63) is 72.4 Å². The number of nitrogens with two attached hydrogens (primary N) is 1. The van der Waals surface area contributed by atoms with Gasteiger partial charge >= 0.3 is 5.97 Å². The zero-order valence-electron chi connectivity index (χ0n) is 31.0. The first-order chi connectivity index (χ1) is 26.4. The number of allylic oxidation sites excluding steroid dienone is 2. The number of aliphatic hydroxyl groups excluding tert-OH is 1. The SMILES string of the molecule is CC1=C[C@@H](O)C[C@@H](F)Cc2nc(co2)C(=O)N2CCC[C@@H]2C(=O)O[C@H](C(C)C)[C@H](CC(=O)NCCn2cc(-c3cncc(N)n3)nn2)/C=C/C(=O)NCC=C1. The van der Waals surface area contributed by atoms with Crippen molar-refractivity contribution in [2.75, 3.05) is 25.4 Å². The first-order valence-electron chi connectivity index (χ1n) is 18.2. The molecule has 3 amide bonds. The Kier molecular flexibility index (Phi) is 14.0. The first-order valence-corrected chi connectivity index (χ1v) is 18.2. The summed E-state index contributed by atoms with van der Waals surface area (Å²) in [5.41, 5.74) is 7.21. The highest BCUT2D eigenvalue weighted by Crippen LogP contribution is 2.27. The third-order valence-electron chi connectivity index (χ3n) is 9.04. The van der Waals surface area contributed by atoms with E-state index in [4.69, 9.17) is 14.9 Å². The van der Waals surface area contributed by atoms with Crippen molar-refractivity contribution in [2.45, 2.75) is 83.8 Å². The minimum Gasteiger partial charge on any atom is -0.460 e. The number of fused-ring (bicyclic) bond motifs is 3. The minimum absolute atomic E-state index is 0.0115. The number of amides is 3. The van der Waals surface area contributed by atoms with Gasteiger partial charge in [0.2, 0.25) is 11.8 Å². The molecule has 3 aromatic rings. The Hall–Kier alpha value is -5.78. The van der Waals surface area contributed by atoms with Crippen molar-refractivity contribution in [1.82, 2.24) is 45.5 Å². The van der Waals surface area contributed by atoms with Crippen LogP contribution in [0.3, 0.4) is 0 Å². The normalized spacial score (nSPS) is 23.8. The summed E-state index contributed by atoms with van der Waals surface area (Å²) in [6.07, 6.45) is 10.2. The second-order valence-electron chi connectivity index (χ2n) is 13.9. The lowest BCUT2D eigenvalue weighted by atomic mass is 9.89. The zero-order valence-corrected chi connectivity index (χ0v) is 31.0. The van der Waals surface area contributed by atoms with Gasteiger partial charge in [-0.1, -0.05) is 48.9 Å². The lowest BCUT2D eigenvalue weighted by molar-refractivity contribution is -0.159. The molecule has 5 N–H and O–H groups in total. The smallest absolute Gasteiger partial charge is 0.329 e. The van der Waals surface area contributed by atoms with Crippen molar-refractivity contribution in [2.24, 2.45) is 11.8 Å². The maximum absolute atomic E-state index is 14.8. The lowest BCUT2D eigenvalue weighted by Gasteiger charge is -2.30. The fourth-order valence-electron chi connectivity index (χ4n) is 6.39. The van der Waals surface area contributed by atoms with Gasteiger partial charge in [-0.2, -0.15) is 0 Å². The number of hydrogen-bond acceptors (Lipinski definition) is 13. The van der Waals surface area contributed by atoms with Gasteiger partial charge in [0.15, 0.2) is 11.6 Å². The second-order valence-corrected chi connectivity index (χ2v) is 13.9. The molecule has 5 heterocycles. The maximum atomic E-state index is 14.8. The van der Waals surface area contributed by atoms with Gasteiger partial charge in [-0.3, -0.25) is 24.0 Å². The number of rotatable bonds is 7. The molecule has 2 bridgehead atoms. The Balaban J connectivity index is 1.32. The van der Waals surface area contributed by atoms with Crippen LogP contribution in [-0.2, 0) is 32.1 Å². The molecule has 2 aliphatic heterocycles. The molecule has 0 aromatic carbocycles. The number of ether oxygens (including phenoxy) is 1. The van der Waals surface area contributed by atoms with E-state index in [0.717, 1.165) is 6.26 Å².